The average molecular weight is 260 g/mol. The van der Waals surface area contributed by atoms with E-state index >= 15 is 0 Å². The van der Waals surface area contributed by atoms with E-state index < -0.39 is 0 Å². The molecular formula is C16H24N2O. The van der Waals surface area contributed by atoms with Crippen molar-refractivity contribution in [2.24, 2.45) is 0 Å². The third kappa shape index (κ3) is 3.57. The molecule has 3 nitrogen and oxygen atoms in total. The Morgan fingerprint density at radius 1 is 1.32 bits per heavy atom. The summed E-state index contributed by atoms with van der Waals surface area (Å²) in [5.41, 5.74) is 4.04. The van der Waals surface area contributed by atoms with E-state index in [0.717, 1.165) is 32.5 Å². The third-order valence-electron chi connectivity index (χ3n) is 3.94. The van der Waals surface area contributed by atoms with E-state index in [9.17, 15) is 4.79 Å². The predicted octanol–water partition coefficient (Wildman–Crippen LogP) is 2.40. The van der Waals surface area contributed by atoms with Gasteiger partial charge in [0.05, 0.1) is 0 Å². The Morgan fingerprint density at radius 2 is 2.00 bits per heavy atom. The fourth-order valence-electron chi connectivity index (χ4n) is 2.70. The first-order chi connectivity index (χ1) is 9.08. The molecule has 0 spiro atoms. The Balaban J connectivity index is 1.86. The summed E-state index contributed by atoms with van der Waals surface area (Å²) in [6.45, 7) is 9.08. The Labute approximate surface area is 116 Å². The lowest BCUT2D eigenvalue weighted by molar-refractivity contribution is -0.127. The lowest BCUT2D eigenvalue weighted by Gasteiger charge is -2.22. The summed E-state index contributed by atoms with van der Waals surface area (Å²) in [6.07, 6.45) is 1.74. The fourth-order valence-corrected chi connectivity index (χ4v) is 2.70. The molecule has 104 valence electrons. The van der Waals surface area contributed by atoms with Crippen molar-refractivity contribution in [2.45, 2.75) is 46.2 Å². The van der Waals surface area contributed by atoms with Crippen LogP contribution in [-0.4, -0.2) is 29.9 Å². The van der Waals surface area contributed by atoms with Gasteiger partial charge in [-0.05, 0) is 43.9 Å². The Morgan fingerprint density at radius 3 is 2.58 bits per heavy atom. The predicted molar refractivity (Wildman–Crippen MR) is 78.0 cm³/mol. The highest BCUT2D eigenvalue weighted by Gasteiger charge is 2.21. The van der Waals surface area contributed by atoms with Crippen molar-refractivity contribution >= 4 is 5.91 Å². The molecule has 1 aliphatic heterocycles. The van der Waals surface area contributed by atoms with Crippen molar-refractivity contribution in [3.05, 3.63) is 34.9 Å². The molecule has 2 rings (SSSR count). The van der Waals surface area contributed by atoms with Crippen molar-refractivity contribution in [1.82, 2.24) is 10.2 Å². The van der Waals surface area contributed by atoms with E-state index in [4.69, 9.17) is 0 Å². The van der Waals surface area contributed by atoms with Crippen LogP contribution >= 0.6 is 0 Å². The second-order valence-corrected chi connectivity index (χ2v) is 5.60. The number of nitrogens with one attached hydrogen (secondary N) is 1. The number of amides is 1. The summed E-state index contributed by atoms with van der Waals surface area (Å²) in [7, 11) is 0. The average Bonchev–Trinajstić information content (AvgIpc) is 2.74. The van der Waals surface area contributed by atoms with Crippen LogP contribution in [0.1, 0.15) is 36.5 Å². The largest absolute Gasteiger partial charge is 0.341 e. The van der Waals surface area contributed by atoms with Crippen LogP contribution in [0.25, 0.3) is 0 Å². The molecule has 1 amide bonds. The number of hydrogen-bond acceptors (Lipinski definition) is 2. The van der Waals surface area contributed by atoms with Crippen LogP contribution in [0.15, 0.2) is 18.2 Å². The SMILES string of the molecule is Cc1cccc(C)c1CNC(C)CN1CCCC1=O. The number of carbonyl (C=O) groups excluding carboxylic acids is 1. The Kier molecular flexibility index (Phi) is 4.59. The number of hydrogen-bond donors (Lipinski definition) is 1. The minimum Gasteiger partial charge on any atom is -0.341 e. The summed E-state index contributed by atoms with van der Waals surface area (Å²) >= 11 is 0. The molecule has 1 saturated heterocycles. The maximum absolute atomic E-state index is 11.6. The molecule has 1 unspecified atom stereocenters. The van der Waals surface area contributed by atoms with Gasteiger partial charge in [-0.1, -0.05) is 18.2 Å². The first kappa shape index (κ1) is 14.1. The lowest BCUT2D eigenvalue weighted by Crippen LogP contribution is -2.39. The zero-order valence-corrected chi connectivity index (χ0v) is 12.2. The quantitative estimate of drug-likeness (QED) is 0.881. The summed E-state index contributed by atoms with van der Waals surface area (Å²) in [6, 6.07) is 6.73. The molecule has 1 heterocycles. The fraction of sp³-hybridized carbons (Fsp3) is 0.562. The van der Waals surface area contributed by atoms with Crippen LogP contribution in [0.5, 0.6) is 0 Å². The smallest absolute Gasteiger partial charge is 0.222 e. The van der Waals surface area contributed by atoms with Gasteiger partial charge in [0, 0.05) is 32.1 Å². The van der Waals surface area contributed by atoms with Gasteiger partial charge in [0.25, 0.3) is 0 Å². The van der Waals surface area contributed by atoms with Crippen molar-refractivity contribution in [1.29, 1.82) is 0 Å². The van der Waals surface area contributed by atoms with Gasteiger partial charge in [0.15, 0.2) is 0 Å². The van der Waals surface area contributed by atoms with Gasteiger partial charge < -0.3 is 10.2 Å². The number of rotatable bonds is 5. The molecule has 1 aromatic rings. The first-order valence-electron chi connectivity index (χ1n) is 7.14. The van der Waals surface area contributed by atoms with Crippen molar-refractivity contribution in [2.75, 3.05) is 13.1 Å². The van der Waals surface area contributed by atoms with Crippen LogP contribution < -0.4 is 5.32 Å². The van der Waals surface area contributed by atoms with Gasteiger partial charge in [-0.2, -0.15) is 0 Å². The molecule has 1 aromatic carbocycles. The molecule has 0 saturated carbocycles. The van der Waals surface area contributed by atoms with Gasteiger partial charge in [-0.25, -0.2) is 0 Å². The number of nitrogens with zero attached hydrogens (tertiary/aromatic N) is 1. The molecule has 1 N–H and O–H groups in total. The second-order valence-electron chi connectivity index (χ2n) is 5.60. The second kappa shape index (κ2) is 6.20. The lowest BCUT2D eigenvalue weighted by atomic mass is 10.0. The minimum absolute atomic E-state index is 0.306. The van der Waals surface area contributed by atoms with Crippen LogP contribution in [0.2, 0.25) is 0 Å². The summed E-state index contributed by atoms with van der Waals surface area (Å²) < 4.78 is 0. The van der Waals surface area contributed by atoms with Crippen molar-refractivity contribution in [3.8, 4) is 0 Å². The number of aryl methyl sites for hydroxylation is 2. The topological polar surface area (TPSA) is 32.3 Å². The highest BCUT2D eigenvalue weighted by molar-refractivity contribution is 5.78. The Hall–Kier alpha value is -1.35. The maximum atomic E-state index is 11.6. The maximum Gasteiger partial charge on any atom is 0.222 e. The van der Waals surface area contributed by atoms with E-state index in [2.05, 4.69) is 44.3 Å². The minimum atomic E-state index is 0.306. The Bertz CT molecular complexity index is 436. The summed E-state index contributed by atoms with van der Waals surface area (Å²) in [4.78, 5) is 13.6. The highest BCUT2D eigenvalue weighted by atomic mass is 16.2. The van der Waals surface area contributed by atoms with E-state index in [0.29, 0.717) is 11.9 Å². The molecule has 1 atom stereocenters. The van der Waals surface area contributed by atoms with E-state index in [1.54, 1.807) is 0 Å². The van der Waals surface area contributed by atoms with Crippen molar-refractivity contribution in [3.63, 3.8) is 0 Å². The molecule has 0 aromatic heterocycles. The van der Waals surface area contributed by atoms with Crippen LogP contribution in [0, 0.1) is 13.8 Å². The molecule has 3 heteroatoms. The van der Waals surface area contributed by atoms with Crippen molar-refractivity contribution < 1.29 is 4.79 Å². The molecule has 0 bridgehead atoms. The van der Waals surface area contributed by atoms with E-state index in [-0.39, 0.29) is 0 Å². The highest BCUT2D eigenvalue weighted by Crippen LogP contribution is 2.14. The monoisotopic (exact) mass is 260 g/mol. The van der Waals surface area contributed by atoms with Gasteiger partial charge in [-0.15, -0.1) is 0 Å². The van der Waals surface area contributed by atoms with Gasteiger partial charge in [0.1, 0.15) is 0 Å². The molecule has 0 radical (unpaired) electrons. The molecule has 0 aliphatic carbocycles. The number of likely N-dealkylation sites (tertiary alicyclic amines) is 1. The molecule has 19 heavy (non-hydrogen) atoms. The summed E-state index contributed by atoms with van der Waals surface area (Å²) in [5.74, 6) is 0.306. The van der Waals surface area contributed by atoms with Gasteiger partial charge in [-0.3, -0.25) is 4.79 Å². The number of benzene rings is 1. The van der Waals surface area contributed by atoms with Gasteiger partial charge in [0.2, 0.25) is 5.91 Å². The first-order valence-corrected chi connectivity index (χ1v) is 7.14. The zero-order chi connectivity index (χ0) is 13.8. The van der Waals surface area contributed by atoms with Crippen LogP contribution in [0.4, 0.5) is 0 Å². The molecular weight excluding hydrogens is 236 g/mol. The zero-order valence-electron chi connectivity index (χ0n) is 12.2. The van der Waals surface area contributed by atoms with Gasteiger partial charge >= 0.3 is 0 Å². The summed E-state index contributed by atoms with van der Waals surface area (Å²) in [5, 5.41) is 3.53. The third-order valence-corrected chi connectivity index (χ3v) is 3.94. The van der Waals surface area contributed by atoms with E-state index in [1.165, 1.54) is 16.7 Å². The molecule has 1 fully saturated rings. The normalized spacial score (nSPS) is 17.0. The molecule has 1 aliphatic rings. The van der Waals surface area contributed by atoms with Crippen LogP contribution in [-0.2, 0) is 11.3 Å². The van der Waals surface area contributed by atoms with E-state index in [1.807, 2.05) is 4.90 Å². The standard InChI is InChI=1S/C16H24N2O/c1-12-6-4-7-13(2)15(12)10-17-14(3)11-18-9-5-8-16(18)19/h4,6-7,14,17H,5,8-11H2,1-3H3. The van der Waals surface area contributed by atoms with Crippen LogP contribution in [0.3, 0.4) is 0 Å². The number of carbonyl (C=O) groups is 1.